The van der Waals surface area contributed by atoms with Gasteiger partial charge in [-0.25, -0.2) is 0 Å². The Morgan fingerprint density at radius 2 is 1.67 bits per heavy atom. The number of benzene rings is 2. The van der Waals surface area contributed by atoms with Crippen LogP contribution in [-0.2, 0) is 6.42 Å². The molecule has 142 valence electrons. The van der Waals surface area contributed by atoms with Crippen LogP contribution < -0.4 is 19.6 Å². The first-order valence-electron chi connectivity index (χ1n) is 8.74. The van der Waals surface area contributed by atoms with Crippen LogP contribution in [0.15, 0.2) is 46.5 Å². The minimum Gasteiger partial charge on any atom is -0.497 e. The van der Waals surface area contributed by atoms with E-state index in [-0.39, 0.29) is 5.54 Å². The predicted molar refractivity (Wildman–Crippen MR) is 108 cm³/mol. The largest absolute Gasteiger partial charge is 0.497 e. The van der Waals surface area contributed by atoms with Gasteiger partial charge in [0.2, 0.25) is 0 Å². The molecular weight excluding hydrogens is 342 g/mol. The lowest BCUT2D eigenvalue weighted by Gasteiger charge is -2.29. The Morgan fingerprint density at radius 1 is 1.00 bits per heavy atom. The lowest BCUT2D eigenvalue weighted by atomic mass is 9.88. The molecule has 0 saturated carbocycles. The number of nitrogens with zero attached hydrogens (tertiary/aromatic N) is 2. The third-order valence-electron chi connectivity index (χ3n) is 4.40. The molecule has 2 aromatic rings. The number of hydrogen-bond donors (Lipinski definition) is 1. The van der Waals surface area contributed by atoms with Crippen molar-refractivity contribution in [1.29, 1.82) is 0 Å². The minimum atomic E-state index is -0.232. The van der Waals surface area contributed by atoms with Gasteiger partial charge in [0, 0.05) is 5.56 Å². The van der Waals surface area contributed by atoms with Gasteiger partial charge in [0.25, 0.3) is 0 Å². The van der Waals surface area contributed by atoms with Crippen molar-refractivity contribution in [2.24, 2.45) is 10.1 Å². The van der Waals surface area contributed by atoms with Gasteiger partial charge in [0.1, 0.15) is 11.6 Å². The molecule has 2 aromatic carbocycles. The van der Waals surface area contributed by atoms with Crippen LogP contribution in [0.2, 0.25) is 0 Å². The number of ether oxygens (including phenoxy) is 3. The van der Waals surface area contributed by atoms with Gasteiger partial charge >= 0.3 is 0 Å². The fourth-order valence-electron chi connectivity index (χ4n) is 3.10. The third kappa shape index (κ3) is 4.22. The summed E-state index contributed by atoms with van der Waals surface area (Å²) in [5.74, 6) is 2.92. The molecule has 1 aliphatic heterocycles. The average molecular weight is 367 g/mol. The van der Waals surface area contributed by atoms with Crippen LogP contribution in [0.5, 0.6) is 17.2 Å². The van der Waals surface area contributed by atoms with Crippen LogP contribution in [0.3, 0.4) is 0 Å². The van der Waals surface area contributed by atoms with E-state index >= 15 is 0 Å². The molecule has 0 radical (unpaired) electrons. The summed E-state index contributed by atoms with van der Waals surface area (Å²) in [4.78, 5) is 4.82. The Kier molecular flexibility index (Phi) is 5.35. The first kappa shape index (κ1) is 18.8. The maximum atomic E-state index is 5.44. The van der Waals surface area contributed by atoms with E-state index in [1.165, 1.54) is 0 Å². The number of methoxy groups -OCH3 is 3. The highest BCUT2D eigenvalue weighted by molar-refractivity contribution is 6.02. The second-order valence-corrected chi connectivity index (χ2v) is 6.96. The van der Waals surface area contributed by atoms with Crippen molar-refractivity contribution in [3.8, 4) is 17.2 Å². The SMILES string of the molecule is COc1ccc(C=NNC2=NC(C)(C)Cc3cc(OC)c(OC)cc32)cc1. The molecule has 1 aliphatic rings. The Labute approximate surface area is 159 Å². The molecular formula is C21H25N3O3. The molecule has 27 heavy (non-hydrogen) atoms. The Morgan fingerprint density at radius 3 is 2.30 bits per heavy atom. The van der Waals surface area contributed by atoms with E-state index in [4.69, 9.17) is 19.2 Å². The summed E-state index contributed by atoms with van der Waals surface area (Å²) in [7, 11) is 4.92. The van der Waals surface area contributed by atoms with Crippen molar-refractivity contribution in [2.75, 3.05) is 21.3 Å². The molecule has 0 saturated heterocycles. The van der Waals surface area contributed by atoms with E-state index < -0.39 is 0 Å². The molecule has 1 N–H and O–H groups in total. The molecule has 0 atom stereocenters. The molecule has 3 rings (SSSR count). The summed E-state index contributed by atoms with van der Waals surface area (Å²) in [6, 6.07) is 11.6. The van der Waals surface area contributed by atoms with Crippen LogP contribution in [0.25, 0.3) is 0 Å². The van der Waals surface area contributed by atoms with Gasteiger partial charge < -0.3 is 14.2 Å². The maximum Gasteiger partial charge on any atom is 0.161 e. The van der Waals surface area contributed by atoms with Crippen LogP contribution in [0, 0.1) is 0 Å². The Bertz CT molecular complexity index is 871. The van der Waals surface area contributed by atoms with E-state index in [9.17, 15) is 0 Å². The summed E-state index contributed by atoms with van der Waals surface area (Å²) < 4.78 is 16.0. The van der Waals surface area contributed by atoms with E-state index in [0.29, 0.717) is 11.6 Å². The highest BCUT2D eigenvalue weighted by atomic mass is 16.5. The minimum absolute atomic E-state index is 0.232. The van der Waals surface area contributed by atoms with Crippen molar-refractivity contribution in [3.05, 3.63) is 53.1 Å². The van der Waals surface area contributed by atoms with Gasteiger partial charge in [0.05, 0.1) is 33.1 Å². The normalized spacial score (nSPS) is 15.1. The lowest BCUT2D eigenvalue weighted by molar-refractivity contribution is 0.353. The monoisotopic (exact) mass is 367 g/mol. The number of hydrazone groups is 1. The Hall–Kier alpha value is -3.02. The van der Waals surface area contributed by atoms with Crippen molar-refractivity contribution < 1.29 is 14.2 Å². The van der Waals surface area contributed by atoms with Crippen LogP contribution in [0.1, 0.15) is 30.5 Å². The van der Waals surface area contributed by atoms with Gasteiger partial charge in [-0.3, -0.25) is 10.4 Å². The zero-order valence-electron chi connectivity index (χ0n) is 16.4. The molecule has 0 aliphatic carbocycles. The summed E-state index contributed by atoms with van der Waals surface area (Å²) >= 11 is 0. The highest BCUT2D eigenvalue weighted by Crippen LogP contribution is 2.35. The average Bonchev–Trinajstić information content (AvgIpc) is 2.66. The first-order valence-corrected chi connectivity index (χ1v) is 8.74. The number of fused-ring (bicyclic) bond motifs is 1. The van der Waals surface area contributed by atoms with Gasteiger partial charge in [-0.1, -0.05) is 0 Å². The molecule has 0 spiro atoms. The van der Waals surface area contributed by atoms with Crippen molar-refractivity contribution >= 4 is 12.1 Å². The van der Waals surface area contributed by atoms with E-state index in [0.717, 1.165) is 34.6 Å². The van der Waals surface area contributed by atoms with E-state index in [1.54, 1.807) is 27.5 Å². The molecule has 6 heteroatoms. The number of hydrogen-bond acceptors (Lipinski definition) is 6. The fraction of sp³-hybridized carbons (Fsp3) is 0.333. The second-order valence-electron chi connectivity index (χ2n) is 6.96. The number of nitrogens with one attached hydrogen (secondary N) is 1. The van der Waals surface area contributed by atoms with E-state index in [1.807, 2.05) is 36.4 Å². The fourth-order valence-corrected chi connectivity index (χ4v) is 3.10. The third-order valence-corrected chi connectivity index (χ3v) is 4.40. The van der Waals surface area contributed by atoms with Crippen LogP contribution in [-0.4, -0.2) is 38.9 Å². The molecule has 0 amide bonds. The lowest BCUT2D eigenvalue weighted by Crippen LogP contribution is -2.34. The molecule has 0 fully saturated rings. The van der Waals surface area contributed by atoms with Crippen molar-refractivity contribution in [3.63, 3.8) is 0 Å². The summed E-state index contributed by atoms with van der Waals surface area (Å²) in [6.07, 6.45) is 2.57. The number of aliphatic imine (C=N–C) groups is 1. The quantitative estimate of drug-likeness (QED) is 0.650. The Balaban J connectivity index is 1.87. The highest BCUT2D eigenvalue weighted by Gasteiger charge is 2.28. The van der Waals surface area contributed by atoms with Gasteiger partial charge in [-0.2, -0.15) is 5.10 Å². The molecule has 1 heterocycles. The predicted octanol–water partition coefficient (Wildman–Crippen LogP) is 3.42. The topological polar surface area (TPSA) is 64.4 Å². The smallest absolute Gasteiger partial charge is 0.161 e. The summed E-state index contributed by atoms with van der Waals surface area (Å²) in [5.41, 5.74) is 5.94. The van der Waals surface area contributed by atoms with E-state index in [2.05, 4.69) is 24.4 Å². The first-order chi connectivity index (χ1) is 13.0. The van der Waals surface area contributed by atoms with Gasteiger partial charge in [0.15, 0.2) is 11.5 Å². The zero-order chi connectivity index (χ0) is 19.4. The van der Waals surface area contributed by atoms with Crippen molar-refractivity contribution in [2.45, 2.75) is 25.8 Å². The molecule has 0 bridgehead atoms. The zero-order valence-corrected chi connectivity index (χ0v) is 16.4. The van der Waals surface area contributed by atoms with Crippen LogP contribution >= 0.6 is 0 Å². The number of amidine groups is 1. The maximum absolute atomic E-state index is 5.44. The molecule has 0 unspecified atom stereocenters. The van der Waals surface area contributed by atoms with Gasteiger partial charge in [-0.15, -0.1) is 0 Å². The summed E-state index contributed by atoms with van der Waals surface area (Å²) in [5, 5.41) is 4.36. The number of rotatable bonds is 5. The molecule has 6 nitrogen and oxygen atoms in total. The molecule has 0 aromatic heterocycles. The standard InChI is InChI=1S/C21H25N3O3/c1-21(2)12-15-10-18(26-4)19(27-5)11-17(15)20(23-21)24-22-13-14-6-8-16(25-3)9-7-14/h6-11,13H,12H2,1-5H3,(H,23,24). The van der Waals surface area contributed by atoms with Crippen LogP contribution in [0.4, 0.5) is 0 Å². The second kappa shape index (κ2) is 7.70. The van der Waals surface area contributed by atoms with Gasteiger partial charge in [-0.05, 0) is 67.8 Å². The van der Waals surface area contributed by atoms with Crippen molar-refractivity contribution in [1.82, 2.24) is 5.43 Å². The summed E-state index contributed by atoms with van der Waals surface area (Å²) in [6.45, 7) is 4.20.